The summed E-state index contributed by atoms with van der Waals surface area (Å²) in [5, 5.41) is 2.47. The van der Waals surface area contributed by atoms with Gasteiger partial charge >= 0.3 is 0 Å². The topological polar surface area (TPSA) is 83.5 Å². The number of rotatable bonds is 5. The maximum atomic E-state index is 13.9. The Balaban J connectivity index is 1.54. The summed E-state index contributed by atoms with van der Waals surface area (Å²) in [6, 6.07) is 1.60. The lowest BCUT2D eigenvalue weighted by Crippen LogP contribution is -2.38. The van der Waals surface area contributed by atoms with E-state index >= 15 is 0 Å². The monoisotopic (exact) mass is 422 g/mol. The molecule has 2 saturated heterocycles. The van der Waals surface area contributed by atoms with Gasteiger partial charge in [0.2, 0.25) is 11.9 Å². The minimum Gasteiger partial charge on any atom is -0.378 e. The average Bonchev–Trinajstić information content (AvgIpc) is 3.31. The van der Waals surface area contributed by atoms with Crippen LogP contribution in [-0.4, -0.2) is 60.3 Å². The molecule has 30 heavy (non-hydrogen) atoms. The first kappa shape index (κ1) is 20.3. The van der Waals surface area contributed by atoms with Crippen molar-refractivity contribution in [2.24, 2.45) is 0 Å². The number of anilines is 2. The molecule has 160 valence electrons. The van der Waals surface area contributed by atoms with Crippen LogP contribution in [0.2, 0.25) is 0 Å². The molecule has 2 fully saturated rings. The molecule has 0 unspecified atom stereocenters. The van der Waals surface area contributed by atoms with Gasteiger partial charge in [-0.25, -0.2) is 13.2 Å². The Bertz CT molecular complexity index is 933. The summed E-state index contributed by atoms with van der Waals surface area (Å²) in [6.45, 7) is 3.94. The van der Waals surface area contributed by atoms with Crippen LogP contribution in [-0.2, 0) is 11.3 Å². The van der Waals surface area contributed by atoms with Crippen molar-refractivity contribution in [1.82, 2.24) is 20.3 Å². The SMILES string of the molecule is O=C(NCc1nc(N2CCCC2)nc(N2CCOCC2)n1)c1ccc(F)c(F)c1F. The van der Waals surface area contributed by atoms with Gasteiger partial charge in [-0.05, 0) is 25.0 Å². The van der Waals surface area contributed by atoms with Gasteiger partial charge in [0, 0.05) is 26.2 Å². The van der Waals surface area contributed by atoms with Crippen LogP contribution in [0.25, 0.3) is 0 Å². The lowest BCUT2D eigenvalue weighted by atomic mass is 10.2. The predicted octanol–water partition coefficient (Wildman–Crippen LogP) is 1.66. The second kappa shape index (κ2) is 8.82. The minimum absolute atomic E-state index is 0.113. The highest BCUT2D eigenvalue weighted by Gasteiger charge is 2.22. The van der Waals surface area contributed by atoms with Crippen molar-refractivity contribution in [3.8, 4) is 0 Å². The fraction of sp³-hybridized carbons (Fsp3) is 0.474. The predicted molar refractivity (Wildman–Crippen MR) is 102 cm³/mol. The van der Waals surface area contributed by atoms with Gasteiger partial charge < -0.3 is 19.9 Å². The number of amides is 1. The van der Waals surface area contributed by atoms with E-state index in [2.05, 4.69) is 20.3 Å². The van der Waals surface area contributed by atoms with E-state index in [1.807, 2.05) is 9.80 Å². The van der Waals surface area contributed by atoms with Gasteiger partial charge in [-0.3, -0.25) is 4.79 Å². The van der Waals surface area contributed by atoms with Gasteiger partial charge in [0.05, 0.1) is 25.3 Å². The van der Waals surface area contributed by atoms with Crippen molar-refractivity contribution in [3.05, 3.63) is 41.0 Å². The molecule has 0 radical (unpaired) electrons. The van der Waals surface area contributed by atoms with Gasteiger partial charge in [-0.15, -0.1) is 0 Å². The molecule has 0 atom stereocenters. The van der Waals surface area contributed by atoms with Crippen LogP contribution in [0, 0.1) is 17.5 Å². The molecule has 2 aromatic rings. The van der Waals surface area contributed by atoms with Crippen molar-refractivity contribution in [1.29, 1.82) is 0 Å². The molecule has 1 aromatic carbocycles. The molecule has 1 N–H and O–H groups in total. The van der Waals surface area contributed by atoms with E-state index < -0.39 is 28.9 Å². The third-order valence-electron chi connectivity index (χ3n) is 5.03. The maximum absolute atomic E-state index is 13.9. The Morgan fingerprint density at radius 1 is 0.933 bits per heavy atom. The molecule has 4 rings (SSSR count). The van der Waals surface area contributed by atoms with Crippen LogP contribution in [0.3, 0.4) is 0 Å². The highest BCUT2D eigenvalue weighted by atomic mass is 19.2. The Morgan fingerprint density at radius 2 is 1.57 bits per heavy atom. The lowest BCUT2D eigenvalue weighted by Gasteiger charge is -2.28. The Morgan fingerprint density at radius 3 is 2.23 bits per heavy atom. The Labute approximate surface area is 171 Å². The normalized spacial score (nSPS) is 16.8. The lowest BCUT2D eigenvalue weighted by molar-refractivity contribution is 0.0944. The number of nitrogens with one attached hydrogen (secondary N) is 1. The summed E-state index contributed by atoms with van der Waals surface area (Å²) in [7, 11) is 0. The van der Waals surface area contributed by atoms with Crippen LogP contribution in [0.1, 0.15) is 29.0 Å². The number of benzene rings is 1. The van der Waals surface area contributed by atoms with E-state index in [9.17, 15) is 18.0 Å². The number of carbonyl (C=O) groups excluding carboxylic acids is 1. The van der Waals surface area contributed by atoms with E-state index in [-0.39, 0.29) is 6.54 Å². The number of hydrogen-bond acceptors (Lipinski definition) is 7. The van der Waals surface area contributed by atoms with Crippen molar-refractivity contribution in [3.63, 3.8) is 0 Å². The molecule has 3 heterocycles. The molecule has 1 aromatic heterocycles. The van der Waals surface area contributed by atoms with E-state index in [1.165, 1.54) is 0 Å². The molecule has 0 spiro atoms. The summed E-state index contributed by atoms with van der Waals surface area (Å²) in [5.74, 6) is -4.16. The van der Waals surface area contributed by atoms with Gasteiger partial charge in [0.1, 0.15) is 0 Å². The number of carbonyl (C=O) groups is 1. The molecule has 11 heteroatoms. The van der Waals surface area contributed by atoms with Crippen molar-refractivity contribution < 1.29 is 22.7 Å². The van der Waals surface area contributed by atoms with Gasteiger partial charge in [-0.2, -0.15) is 15.0 Å². The second-order valence-corrected chi connectivity index (χ2v) is 7.05. The van der Waals surface area contributed by atoms with Crippen molar-refractivity contribution in [2.45, 2.75) is 19.4 Å². The number of nitrogens with zero attached hydrogens (tertiary/aromatic N) is 5. The molecular weight excluding hydrogens is 401 g/mol. The molecule has 8 nitrogen and oxygen atoms in total. The van der Waals surface area contributed by atoms with Gasteiger partial charge in [0.25, 0.3) is 5.91 Å². The van der Waals surface area contributed by atoms with Crippen LogP contribution in [0.15, 0.2) is 12.1 Å². The summed E-state index contributed by atoms with van der Waals surface area (Å²) >= 11 is 0. The minimum atomic E-state index is -1.69. The van der Waals surface area contributed by atoms with Crippen LogP contribution in [0.4, 0.5) is 25.1 Å². The first-order valence-corrected chi connectivity index (χ1v) is 9.77. The number of hydrogen-bond donors (Lipinski definition) is 1. The molecule has 0 aliphatic carbocycles. The third kappa shape index (κ3) is 4.30. The molecule has 2 aliphatic heterocycles. The highest BCUT2D eigenvalue weighted by Crippen LogP contribution is 2.20. The zero-order chi connectivity index (χ0) is 21.1. The molecule has 0 saturated carbocycles. The maximum Gasteiger partial charge on any atom is 0.254 e. The molecule has 1 amide bonds. The van der Waals surface area contributed by atoms with Crippen molar-refractivity contribution in [2.75, 3.05) is 49.2 Å². The summed E-state index contributed by atoms with van der Waals surface area (Å²) in [5.41, 5.74) is -0.587. The van der Waals surface area contributed by atoms with Gasteiger partial charge in [-0.1, -0.05) is 0 Å². The first-order chi connectivity index (χ1) is 14.5. The van der Waals surface area contributed by atoms with Crippen molar-refractivity contribution >= 4 is 17.8 Å². The highest BCUT2D eigenvalue weighted by molar-refractivity contribution is 5.94. The fourth-order valence-electron chi connectivity index (χ4n) is 3.39. The first-order valence-electron chi connectivity index (χ1n) is 9.77. The molecule has 0 bridgehead atoms. The quantitative estimate of drug-likeness (QED) is 0.734. The van der Waals surface area contributed by atoms with Crippen LogP contribution in [0.5, 0.6) is 0 Å². The number of halogens is 3. The number of ether oxygens (including phenoxy) is 1. The molecular formula is C19H21F3N6O2. The number of aromatic nitrogens is 3. The smallest absolute Gasteiger partial charge is 0.254 e. The van der Waals surface area contributed by atoms with Gasteiger partial charge in [0.15, 0.2) is 23.3 Å². The Hall–Kier alpha value is -2.95. The summed E-state index contributed by atoms with van der Waals surface area (Å²) < 4.78 is 45.7. The van der Waals surface area contributed by atoms with Crippen LogP contribution < -0.4 is 15.1 Å². The standard InChI is InChI=1S/C19H21F3N6O2/c20-13-4-3-12(15(21)16(13)22)17(29)23-11-14-24-18(27-5-1-2-6-27)26-19(25-14)28-7-9-30-10-8-28/h3-4H,1-2,5-11H2,(H,23,29). The summed E-state index contributed by atoms with van der Waals surface area (Å²) in [4.78, 5) is 29.7. The fourth-order valence-corrected chi connectivity index (χ4v) is 3.39. The average molecular weight is 422 g/mol. The van der Waals surface area contributed by atoms with E-state index in [1.54, 1.807) is 0 Å². The number of morpholine rings is 1. The van der Waals surface area contributed by atoms with E-state index in [4.69, 9.17) is 4.74 Å². The van der Waals surface area contributed by atoms with E-state index in [0.717, 1.165) is 32.0 Å². The summed E-state index contributed by atoms with van der Waals surface area (Å²) in [6.07, 6.45) is 2.08. The van der Waals surface area contributed by atoms with Crippen LogP contribution >= 0.6 is 0 Å². The Kier molecular flexibility index (Phi) is 5.98. The molecule has 2 aliphatic rings. The second-order valence-electron chi connectivity index (χ2n) is 7.05. The zero-order valence-electron chi connectivity index (χ0n) is 16.2. The third-order valence-corrected chi connectivity index (χ3v) is 5.03. The largest absolute Gasteiger partial charge is 0.378 e. The zero-order valence-corrected chi connectivity index (χ0v) is 16.2. The van der Waals surface area contributed by atoms with E-state index in [0.29, 0.717) is 50.1 Å².